The number of benzene rings is 1. The summed E-state index contributed by atoms with van der Waals surface area (Å²) in [6, 6.07) is 9.26. The van der Waals surface area contributed by atoms with E-state index in [0.717, 1.165) is 11.0 Å². The quantitative estimate of drug-likeness (QED) is 0.556. The van der Waals surface area contributed by atoms with Crippen LogP contribution in [-0.2, 0) is 0 Å². The van der Waals surface area contributed by atoms with Crippen molar-refractivity contribution < 1.29 is 9.34 Å². The lowest BCUT2D eigenvalue weighted by atomic mass is 10.2. The first-order chi connectivity index (χ1) is 7.16. The van der Waals surface area contributed by atoms with E-state index in [1.165, 1.54) is 13.0 Å². The predicted molar refractivity (Wildman–Crippen MR) is 56.9 cm³/mol. The molecule has 0 spiro atoms. The average Bonchev–Trinajstić information content (AvgIpc) is 2.59. The first-order valence-corrected chi connectivity index (χ1v) is 4.48. The molecule has 2 rings (SSSR count). The third-order valence-electron chi connectivity index (χ3n) is 2.08. The highest BCUT2D eigenvalue weighted by Gasteiger charge is 2.05. The van der Waals surface area contributed by atoms with Gasteiger partial charge in [0.25, 0.3) is 0 Å². The summed E-state index contributed by atoms with van der Waals surface area (Å²) in [5.74, 6) is 0.505. The van der Waals surface area contributed by atoms with Crippen LogP contribution in [0.2, 0.25) is 0 Å². The Kier molecular flexibility index (Phi) is 2.25. The Hall–Kier alpha value is -2.10. The maximum absolute atomic E-state index is 10.4. The lowest BCUT2D eigenvalue weighted by molar-refractivity contribution is -0.422. The molecule has 0 bridgehead atoms. The zero-order valence-corrected chi connectivity index (χ0v) is 8.14. The van der Waals surface area contributed by atoms with Crippen LogP contribution in [-0.4, -0.2) is 4.92 Å². The summed E-state index contributed by atoms with van der Waals surface area (Å²) >= 11 is 0. The molecule has 0 saturated heterocycles. The van der Waals surface area contributed by atoms with Gasteiger partial charge in [-0.25, -0.2) is 0 Å². The minimum absolute atomic E-state index is 0.0639. The second-order valence-electron chi connectivity index (χ2n) is 3.23. The normalized spacial score (nSPS) is 11.9. The number of para-hydroxylation sites is 1. The van der Waals surface area contributed by atoms with Crippen LogP contribution in [0.1, 0.15) is 12.7 Å². The summed E-state index contributed by atoms with van der Waals surface area (Å²) in [4.78, 5) is 9.98. The highest BCUT2D eigenvalue weighted by molar-refractivity contribution is 5.79. The van der Waals surface area contributed by atoms with Crippen LogP contribution in [0.25, 0.3) is 17.0 Å². The van der Waals surface area contributed by atoms with E-state index < -0.39 is 4.92 Å². The van der Waals surface area contributed by atoms with Gasteiger partial charge in [0.1, 0.15) is 11.3 Å². The van der Waals surface area contributed by atoms with Crippen LogP contribution in [0.15, 0.2) is 40.4 Å². The first kappa shape index (κ1) is 9.45. The van der Waals surface area contributed by atoms with Gasteiger partial charge in [0.05, 0.1) is 11.0 Å². The molecule has 0 amide bonds. The molecule has 15 heavy (non-hydrogen) atoms. The van der Waals surface area contributed by atoms with E-state index in [0.29, 0.717) is 5.76 Å². The third kappa shape index (κ3) is 1.88. The fraction of sp³-hybridized carbons (Fsp3) is 0.0909. The number of hydrogen-bond donors (Lipinski definition) is 0. The number of furan rings is 1. The Labute approximate surface area is 86.0 Å². The number of nitrogens with zero attached hydrogens (tertiary/aromatic N) is 1. The minimum atomic E-state index is -0.437. The molecule has 4 heteroatoms. The van der Waals surface area contributed by atoms with Crippen molar-refractivity contribution in [3.63, 3.8) is 0 Å². The molecule has 0 fully saturated rings. The van der Waals surface area contributed by atoms with Crippen molar-refractivity contribution in [1.82, 2.24) is 0 Å². The summed E-state index contributed by atoms with van der Waals surface area (Å²) < 4.78 is 5.41. The van der Waals surface area contributed by atoms with Gasteiger partial charge in [-0.3, -0.25) is 10.1 Å². The molecular formula is C11H9NO3. The molecule has 0 aliphatic rings. The van der Waals surface area contributed by atoms with Crippen LogP contribution in [0, 0.1) is 10.1 Å². The molecule has 4 nitrogen and oxygen atoms in total. The molecule has 0 aliphatic heterocycles. The Bertz CT molecular complexity index is 507. The lowest BCUT2D eigenvalue weighted by Crippen LogP contribution is -1.92. The minimum Gasteiger partial charge on any atom is -0.456 e. The van der Waals surface area contributed by atoms with Gasteiger partial charge < -0.3 is 4.42 Å². The van der Waals surface area contributed by atoms with Gasteiger partial charge in [-0.1, -0.05) is 18.2 Å². The highest BCUT2D eigenvalue weighted by Crippen LogP contribution is 2.20. The molecule has 2 aromatic rings. The first-order valence-electron chi connectivity index (χ1n) is 4.48. The predicted octanol–water partition coefficient (Wildman–Crippen LogP) is 3.07. The lowest BCUT2D eigenvalue weighted by Gasteiger charge is -1.87. The van der Waals surface area contributed by atoms with Crippen LogP contribution in [0.4, 0.5) is 0 Å². The number of hydrogen-bond acceptors (Lipinski definition) is 3. The average molecular weight is 203 g/mol. The fourth-order valence-electron chi connectivity index (χ4n) is 1.33. The molecule has 76 valence electrons. The van der Waals surface area contributed by atoms with Crippen molar-refractivity contribution in [2.24, 2.45) is 0 Å². The fourth-order valence-corrected chi connectivity index (χ4v) is 1.33. The number of allylic oxidation sites excluding steroid dienone is 1. The third-order valence-corrected chi connectivity index (χ3v) is 2.08. The van der Waals surface area contributed by atoms with Crippen LogP contribution in [0.5, 0.6) is 0 Å². The maximum atomic E-state index is 10.4. The molecule has 1 heterocycles. The van der Waals surface area contributed by atoms with E-state index in [1.54, 1.807) is 6.07 Å². The van der Waals surface area contributed by atoms with Crippen molar-refractivity contribution in [2.45, 2.75) is 6.92 Å². The second kappa shape index (κ2) is 3.57. The largest absolute Gasteiger partial charge is 0.456 e. The molecule has 1 aromatic carbocycles. The topological polar surface area (TPSA) is 56.3 Å². The van der Waals surface area contributed by atoms with Crippen LogP contribution >= 0.6 is 0 Å². The summed E-state index contributed by atoms with van der Waals surface area (Å²) in [7, 11) is 0. The number of rotatable bonds is 2. The SMILES string of the molecule is CC(=Cc1cc2ccccc2o1)[N+](=O)[O-]. The summed E-state index contributed by atoms with van der Waals surface area (Å²) in [6.07, 6.45) is 1.42. The van der Waals surface area contributed by atoms with Gasteiger partial charge in [-0.05, 0) is 12.1 Å². The van der Waals surface area contributed by atoms with E-state index in [2.05, 4.69) is 0 Å². The number of nitro groups is 1. The van der Waals surface area contributed by atoms with Crippen molar-refractivity contribution in [3.8, 4) is 0 Å². The van der Waals surface area contributed by atoms with Gasteiger partial charge >= 0.3 is 0 Å². The van der Waals surface area contributed by atoms with Crippen LogP contribution in [0.3, 0.4) is 0 Å². The Morgan fingerprint density at radius 3 is 2.87 bits per heavy atom. The Morgan fingerprint density at radius 1 is 1.47 bits per heavy atom. The van der Waals surface area contributed by atoms with E-state index in [-0.39, 0.29) is 5.70 Å². The standard InChI is InChI=1S/C11H9NO3/c1-8(12(13)14)6-10-7-9-4-2-3-5-11(9)15-10/h2-7H,1H3. The molecular weight excluding hydrogens is 194 g/mol. The van der Waals surface area contributed by atoms with Crippen molar-refractivity contribution in [1.29, 1.82) is 0 Å². The molecule has 0 unspecified atom stereocenters. The zero-order chi connectivity index (χ0) is 10.8. The molecule has 1 aromatic heterocycles. The molecule has 0 atom stereocenters. The zero-order valence-electron chi connectivity index (χ0n) is 8.14. The van der Waals surface area contributed by atoms with Crippen LogP contribution < -0.4 is 0 Å². The van der Waals surface area contributed by atoms with Gasteiger partial charge in [0.2, 0.25) is 5.70 Å². The molecule has 0 saturated carbocycles. The maximum Gasteiger partial charge on any atom is 0.246 e. The highest BCUT2D eigenvalue weighted by atomic mass is 16.6. The number of fused-ring (bicyclic) bond motifs is 1. The van der Waals surface area contributed by atoms with E-state index in [1.807, 2.05) is 24.3 Å². The monoisotopic (exact) mass is 203 g/mol. The van der Waals surface area contributed by atoms with E-state index in [9.17, 15) is 10.1 Å². The van der Waals surface area contributed by atoms with Gasteiger partial charge in [-0.15, -0.1) is 0 Å². The summed E-state index contributed by atoms with van der Waals surface area (Å²) in [5, 5.41) is 11.4. The van der Waals surface area contributed by atoms with E-state index >= 15 is 0 Å². The van der Waals surface area contributed by atoms with Crippen molar-refractivity contribution in [3.05, 3.63) is 51.9 Å². The smallest absolute Gasteiger partial charge is 0.246 e. The van der Waals surface area contributed by atoms with Gasteiger partial charge in [0, 0.05) is 12.3 Å². The van der Waals surface area contributed by atoms with Gasteiger partial charge in [-0.2, -0.15) is 0 Å². The molecule has 0 aliphatic carbocycles. The molecule has 0 radical (unpaired) electrons. The Balaban J connectivity index is 2.46. The summed E-state index contributed by atoms with van der Waals surface area (Å²) in [6.45, 7) is 1.44. The van der Waals surface area contributed by atoms with Crippen molar-refractivity contribution >= 4 is 17.0 Å². The second-order valence-corrected chi connectivity index (χ2v) is 3.23. The van der Waals surface area contributed by atoms with E-state index in [4.69, 9.17) is 4.42 Å². The molecule has 0 N–H and O–H groups in total. The Morgan fingerprint density at radius 2 is 2.20 bits per heavy atom. The summed E-state index contributed by atoms with van der Waals surface area (Å²) in [5.41, 5.74) is 0.800. The van der Waals surface area contributed by atoms with Gasteiger partial charge in [0.15, 0.2) is 0 Å². The van der Waals surface area contributed by atoms with Crippen molar-refractivity contribution in [2.75, 3.05) is 0 Å².